The molecule has 0 saturated heterocycles. The first-order valence-corrected chi connectivity index (χ1v) is 11.2. The third-order valence-corrected chi connectivity index (χ3v) is 6.97. The summed E-state index contributed by atoms with van der Waals surface area (Å²) in [6, 6.07) is 27.0. The number of carbonyl (C=O) groups excluding carboxylic acids is 2. The number of carbonyl (C=O) groups is 2. The quantitative estimate of drug-likeness (QED) is 0.126. The van der Waals surface area contributed by atoms with Crippen LogP contribution in [-0.4, -0.2) is 12.1 Å². The predicted molar refractivity (Wildman–Crippen MR) is 137 cm³/mol. The Balaban J connectivity index is 1.83. The topological polar surface area (TPSA) is 34.1 Å². The summed E-state index contributed by atoms with van der Waals surface area (Å²) in [5, 5.41) is 8.81. The lowest BCUT2D eigenvalue weighted by Gasteiger charge is -2.19. The average molecular weight is 427 g/mol. The van der Waals surface area contributed by atoms with E-state index < -0.39 is 0 Å². The zero-order valence-corrected chi connectivity index (χ0v) is 18.6. The van der Waals surface area contributed by atoms with Crippen molar-refractivity contribution in [3.05, 3.63) is 107 Å². The summed E-state index contributed by atoms with van der Waals surface area (Å²) < 4.78 is 0. The molecule has 0 atom stereocenters. The second-order valence-electron chi connectivity index (χ2n) is 8.90. The molecule has 0 heterocycles. The van der Waals surface area contributed by atoms with Crippen LogP contribution in [0.4, 0.5) is 0 Å². The van der Waals surface area contributed by atoms with E-state index in [1.54, 1.807) is 6.92 Å². The predicted octanol–water partition coefficient (Wildman–Crippen LogP) is 7.65. The number of aldehydes is 1. The standard InChI is InChI=1S/C31H22O2/c1-18-8-11-24-27-15-14-23(19(2)33)29-21(16-20-6-4-3-5-7-20)9-12-26(31(27)29)25-13-10-22(17-32)28(18)30(24)25/h3-15,17H,16H2,1-2H3. The number of aryl methyl sites for hydroxylation is 1. The number of rotatable bonds is 4. The van der Waals surface area contributed by atoms with Gasteiger partial charge in [0.05, 0.1) is 0 Å². The minimum Gasteiger partial charge on any atom is -0.298 e. The van der Waals surface area contributed by atoms with E-state index in [2.05, 4.69) is 67.6 Å². The second kappa shape index (κ2) is 7.25. The van der Waals surface area contributed by atoms with Crippen LogP contribution in [0, 0.1) is 6.92 Å². The SMILES string of the molecule is CC(=O)c1ccc2c3ccc(C)c4c(C=O)ccc(c5ccc(Cc6ccccc6)c1c52)c43. The molecule has 0 unspecified atom stereocenters. The van der Waals surface area contributed by atoms with Gasteiger partial charge in [0.15, 0.2) is 12.1 Å². The van der Waals surface area contributed by atoms with Gasteiger partial charge in [0.25, 0.3) is 0 Å². The first-order valence-electron chi connectivity index (χ1n) is 11.2. The number of hydrogen-bond donors (Lipinski definition) is 0. The molecule has 158 valence electrons. The van der Waals surface area contributed by atoms with E-state index in [0.29, 0.717) is 5.56 Å². The fourth-order valence-corrected chi connectivity index (χ4v) is 5.52. The van der Waals surface area contributed by atoms with Crippen LogP contribution in [0.25, 0.3) is 43.1 Å². The second-order valence-corrected chi connectivity index (χ2v) is 8.90. The number of fused-ring (bicyclic) bond motifs is 2. The first kappa shape index (κ1) is 19.6. The molecule has 0 aliphatic rings. The Morgan fingerprint density at radius 3 is 1.97 bits per heavy atom. The molecule has 0 saturated carbocycles. The van der Waals surface area contributed by atoms with Crippen LogP contribution in [0.2, 0.25) is 0 Å². The number of benzene rings is 6. The summed E-state index contributed by atoms with van der Waals surface area (Å²) in [5.41, 5.74) is 4.95. The van der Waals surface area contributed by atoms with Gasteiger partial charge in [0.1, 0.15) is 0 Å². The molecule has 6 aromatic rings. The summed E-state index contributed by atoms with van der Waals surface area (Å²) in [4.78, 5) is 24.6. The molecule has 2 heteroatoms. The van der Waals surface area contributed by atoms with Gasteiger partial charge in [0.2, 0.25) is 0 Å². The summed E-state index contributed by atoms with van der Waals surface area (Å²) in [6.07, 6.45) is 1.71. The van der Waals surface area contributed by atoms with Crippen LogP contribution >= 0.6 is 0 Å². The molecule has 0 aromatic heterocycles. The lowest BCUT2D eigenvalue weighted by molar-refractivity contribution is 0.101. The van der Waals surface area contributed by atoms with Crippen molar-refractivity contribution in [3.8, 4) is 0 Å². The lowest BCUT2D eigenvalue weighted by Crippen LogP contribution is -2.00. The lowest BCUT2D eigenvalue weighted by atomic mass is 9.83. The fraction of sp³-hybridized carbons (Fsp3) is 0.0968. The van der Waals surface area contributed by atoms with Crippen molar-refractivity contribution in [2.24, 2.45) is 0 Å². The van der Waals surface area contributed by atoms with Crippen molar-refractivity contribution in [2.45, 2.75) is 20.3 Å². The Kier molecular flexibility index (Phi) is 4.31. The molecule has 0 aliphatic heterocycles. The van der Waals surface area contributed by atoms with Crippen molar-refractivity contribution in [1.29, 1.82) is 0 Å². The Morgan fingerprint density at radius 2 is 1.30 bits per heavy atom. The maximum atomic E-state index is 12.7. The van der Waals surface area contributed by atoms with Gasteiger partial charge in [-0.05, 0) is 80.0 Å². The molecule has 0 aliphatic carbocycles. The average Bonchev–Trinajstić information content (AvgIpc) is 2.84. The Labute approximate surface area is 191 Å². The molecule has 2 nitrogen and oxygen atoms in total. The van der Waals surface area contributed by atoms with Gasteiger partial charge >= 0.3 is 0 Å². The summed E-state index contributed by atoms with van der Waals surface area (Å²) in [5.74, 6) is 0.0733. The normalized spacial score (nSPS) is 11.7. The summed E-state index contributed by atoms with van der Waals surface area (Å²) >= 11 is 0. The largest absolute Gasteiger partial charge is 0.298 e. The molecule has 0 N–H and O–H groups in total. The van der Waals surface area contributed by atoms with E-state index in [0.717, 1.165) is 72.5 Å². The Hall–Kier alpha value is -4.04. The highest BCUT2D eigenvalue weighted by Gasteiger charge is 2.20. The van der Waals surface area contributed by atoms with Gasteiger partial charge in [-0.3, -0.25) is 9.59 Å². The third kappa shape index (κ3) is 2.81. The van der Waals surface area contributed by atoms with Gasteiger partial charge in [-0.25, -0.2) is 0 Å². The van der Waals surface area contributed by atoms with Gasteiger partial charge in [-0.2, -0.15) is 0 Å². The van der Waals surface area contributed by atoms with E-state index in [-0.39, 0.29) is 5.78 Å². The van der Waals surface area contributed by atoms with Crippen LogP contribution in [0.5, 0.6) is 0 Å². The first-order chi connectivity index (χ1) is 16.1. The van der Waals surface area contributed by atoms with Gasteiger partial charge < -0.3 is 0 Å². The van der Waals surface area contributed by atoms with Gasteiger partial charge in [0, 0.05) is 11.1 Å². The van der Waals surface area contributed by atoms with Crippen molar-refractivity contribution in [1.82, 2.24) is 0 Å². The zero-order valence-electron chi connectivity index (χ0n) is 18.6. The number of hydrogen-bond acceptors (Lipinski definition) is 2. The maximum absolute atomic E-state index is 12.7. The smallest absolute Gasteiger partial charge is 0.160 e. The molecule has 0 bridgehead atoms. The maximum Gasteiger partial charge on any atom is 0.160 e. The highest BCUT2D eigenvalue weighted by molar-refractivity contribution is 6.36. The van der Waals surface area contributed by atoms with Crippen molar-refractivity contribution >= 4 is 55.2 Å². The zero-order chi connectivity index (χ0) is 22.7. The molecule has 0 amide bonds. The Morgan fingerprint density at radius 1 is 0.697 bits per heavy atom. The minimum absolute atomic E-state index is 0.0733. The van der Waals surface area contributed by atoms with Crippen LogP contribution < -0.4 is 0 Å². The van der Waals surface area contributed by atoms with Crippen molar-refractivity contribution < 1.29 is 9.59 Å². The van der Waals surface area contributed by atoms with Crippen LogP contribution in [0.3, 0.4) is 0 Å². The third-order valence-electron chi connectivity index (χ3n) is 6.97. The van der Waals surface area contributed by atoms with Crippen LogP contribution in [0.15, 0.2) is 78.9 Å². The van der Waals surface area contributed by atoms with E-state index in [1.807, 2.05) is 18.2 Å². The number of ketones is 1. The molecule has 0 spiro atoms. The molecule has 6 aromatic carbocycles. The monoisotopic (exact) mass is 426 g/mol. The van der Waals surface area contributed by atoms with Crippen LogP contribution in [0.1, 0.15) is 44.3 Å². The summed E-state index contributed by atoms with van der Waals surface area (Å²) in [6.45, 7) is 3.70. The van der Waals surface area contributed by atoms with Crippen molar-refractivity contribution in [2.75, 3.05) is 0 Å². The fourth-order valence-electron chi connectivity index (χ4n) is 5.52. The van der Waals surface area contributed by atoms with E-state index in [4.69, 9.17) is 0 Å². The molecule has 33 heavy (non-hydrogen) atoms. The van der Waals surface area contributed by atoms with Crippen molar-refractivity contribution in [3.63, 3.8) is 0 Å². The molecule has 6 rings (SSSR count). The highest BCUT2D eigenvalue weighted by Crippen LogP contribution is 2.43. The Bertz CT molecular complexity index is 1710. The number of Topliss-reactive ketones (excluding diaryl/α,β-unsaturated/α-hetero) is 1. The minimum atomic E-state index is 0.0733. The molecule has 0 fully saturated rings. The van der Waals surface area contributed by atoms with E-state index >= 15 is 0 Å². The van der Waals surface area contributed by atoms with Crippen LogP contribution in [-0.2, 0) is 6.42 Å². The molecular formula is C31H22O2. The highest BCUT2D eigenvalue weighted by atomic mass is 16.1. The van der Waals surface area contributed by atoms with E-state index in [9.17, 15) is 9.59 Å². The molecular weight excluding hydrogens is 404 g/mol. The van der Waals surface area contributed by atoms with Gasteiger partial charge in [-0.1, -0.05) is 78.9 Å². The molecule has 0 radical (unpaired) electrons. The summed E-state index contributed by atoms with van der Waals surface area (Å²) in [7, 11) is 0. The van der Waals surface area contributed by atoms with Gasteiger partial charge in [-0.15, -0.1) is 0 Å². The van der Waals surface area contributed by atoms with E-state index in [1.165, 1.54) is 5.56 Å².